The molecule has 0 unspecified atom stereocenters. The molecule has 1 saturated heterocycles. The van der Waals surface area contributed by atoms with Gasteiger partial charge in [-0.15, -0.1) is 0 Å². The van der Waals surface area contributed by atoms with E-state index in [1.54, 1.807) is 0 Å². The first-order valence-corrected chi connectivity index (χ1v) is 13.2. The average molecular weight is 463 g/mol. The monoisotopic (exact) mass is 462 g/mol. The van der Waals surface area contributed by atoms with E-state index in [4.69, 9.17) is 4.99 Å². The summed E-state index contributed by atoms with van der Waals surface area (Å²) in [6.45, 7) is 15.5. The summed E-state index contributed by atoms with van der Waals surface area (Å²) >= 11 is 0. The molecule has 0 aromatic carbocycles. The first kappa shape index (κ1) is 24.5. The molecule has 1 aromatic heterocycles. The molecular formula is C28H42N6. The Morgan fingerprint density at radius 1 is 1.12 bits per heavy atom. The molecule has 34 heavy (non-hydrogen) atoms. The largest absolute Gasteiger partial charge is 0.389 e. The van der Waals surface area contributed by atoms with Gasteiger partial charge in [0.2, 0.25) is 0 Å². The lowest BCUT2D eigenvalue weighted by Gasteiger charge is -2.28. The summed E-state index contributed by atoms with van der Waals surface area (Å²) in [5, 5.41) is 10.3. The minimum Gasteiger partial charge on any atom is -0.389 e. The Hall–Kier alpha value is -2.60. The zero-order valence-electron chi connectivity index (χ0n) is 20.9. The molecule has 2 aliphatic carbocycles. The molecule has 0 spiro atoms. The van der Waals surface area contributed by atoms with Gasteiger partial charge in [-0.3, -0.25) is 14.9 Å². The predicted molar refractivity (Wildman–Crippen MR) is 143 cm³/mol. The molecular weight excluding hydrogens is 420 g/mol. The summed E-state index contributed by atoms with van der Waals surface area (Å²) in [6, 6.07) is 4.19. The van der Waals surface area contributed by atoms with Crippen molar-refractivity contribution in [2.75, 3.05) is 31.5 Å². The van der Waals surface area contributed by atoms with E-state index in [0.29, 0.717) is 11.8 Å². The lowest BCUT2D eigenvalue weighted by atomic mass is 9.83. The van der Waals surface area contributed by atoms with Crippen molar-refractivity contribution in [3.8, 4) is 0 Å². The second kappa shape index (κ2) is 12.2. The fourth-order valence-electron chi connectivity index (χ4n) is 4.69. The van der Waals surface area contributed by atoms with Crippen LogP contribution in [0.5, 0.6) is 0 Å². The summed E-state index contributed by atoms with van der Waals surface area (Å²) in [4.78, 5) is 12.0. The van der Waals surface area contributed by atoms with Gasteiger partial charge in [-0.25, -0.2) is 0 Å². The number of nitrogens with zero attached hydrogens (tertiary/aromatic N) is 3. The molecule has 2 saturated carbocycles. The van der Waals surface area contributed by atoms with Gasteiger partial charge in [0.15, 0.2) is 0 Å². The Bertz CT molecular complexity index is 886. The number of anilines is 1. The van der Waals surface area contributed by atoms with Crippen LogP contribution in [0.3, 0.4) is 0 Å². The van der Waals surface area contributed by atoms with Crippen LogP contribution < -0.4 is 16.0 Å². The fraction of sp³-hybridized carbons (Fsp3) is 0.571. The van der Waals surface area contributed by atoms with Crippen molar-refractivity contribution < 1.29 is 0 Å². The van der Waals surface area contributed by atoms with Gasteiger partial charge in [-0.05, 0) is 94.5 Å². The molecule has 0 bridgehead atoms. The molecule has 1 aliphatic heterocycles. The van der Waals surface area contributed by atoms with Crippen LogP contribution >= 0.6 is 0 Å². The molecule has 3 aliphatic rings. The molecule has 3 N–H and O–H groups in total. The molecule has 6 heteroatoms. The van der Waals surface area contributed by atoms with Crippen LogP contribution in [-0.2, 0) is 6.54 Å². The highest BCUT2D eigenvalue weighted by Crippen LogP contribution is 2.37. The number of hydrogen-bond donors (Lipinski definition) is 3. The predicted octanol–water partition coefficient (Wildman–Crippen LogP) is 5.20. The Morgan fingerprint density at radius 3 is 2.53 bits per heavy atom. The van der Waals surface area contributed by atoms with E-state index in [-0.39, 0.29) is 0 Å². The number of likely N-dealkylation sites (tertiary alicyclic amines) is 1. The van der Waals surface area contributed by atoms with Crippen molar-refractivity contribution in [1.82, 2.24) is 20.5 Å². The van der Waals surface area contributed by atoms with Gasteiger partial charge >= 0.3 is 0 Å². The topological polar surface area (TPSA) is 64.6 Å². The minimum absolute atomic E-state index is 0.618. The smallest absolute Gasteiger partial charge is 0.129 e. The fourth-order valence-corrected chi connectivity index (χ4v) is 4.69. The number of amidine groups is 1. The van der Waals surface area contributed by atoms with E-state index in [0.717, 1.165) is 49.1 Å². The average Bonchev–Trinajstić information content (AvgIpc) is 3.49. The summed E-state index contributed by atoms with van der Waals surface area (Å²) in [7, 11) is 0. The van der Waals surface area contributed by atoms with Gasteiger partial charge in [-0.1, -0.05) is 25.7 Å². The summed E-state index contributed by atoms with van der Waals surface area (Å²) in [6.07, 6.45) is 14.1. The normalized spacial score (nSPS) is 19.6. The number of allylic oxidation sites excluding steroid dienone is 2. The highest BCUT2D eigenvalue weighted by Gasteiger charge is 2.28. The van der Waals surface area contributed by atoms with Crippen LogP contribution in [-0.4, -0.2) is 41.9 Å². The van der Waals surface area contributed by atoms with E-state index in [2.05, 4.69) is 64.1 Å². The molecule has 184 valence electrons. The Balaban J connectivity index is 1.27. The van der Waals surface area contributed by atoms with Gasteiger partial charge in [-0.2, -0.15) is 0 Å². The first-order chi connectivity index (χ1) is 16.6. The summed E-state index contributed by atoms with van der Waals surface area (Å²) < 4.78 is 0. The minimum atomic E-state index is 0.618. The molecule has 3 fully saturated rings. The third-order valence-corrected chi connectivity index (χ3v) is 7.13. The van der Waals surface area contributed by atoms with E-state index < -0.39 is 0 Å². The van der Waals surface area contributed by atoms with Crippen molar-refractivity contribution in [1.29, 1.82) is 0 Å². The van der Waals surface area contributed by atoms with Crippen LogP contribution in [0, 0.1) is 11.8 Å². The zero-order chi connectivity index (χ0) is 23.8. The zero-order valence-corrected chi connectivity index (χ0v) is 20.9. The molecule has 0 atom stereocenters. The standard InChI is InChI=1S/C28H42N6/c1-4-27(24-11-12-24)28(30-16-8-15-29-21(2)23-9-7-10-23)33-22(3)32-25-13-14-26(31-19-25)20-34-17-5-6-18-34/h4,13-14,19,23-24,29,32H,2-3,5-12,15-18,20H2,1H3,(H,30,33)/b27-4-. The maximum atomic E-state index is 4.93. The molecule has 0 amide bonds. The van der Waals surface area contributed by atoms with Crippen LogP contribution in [0.25, 0.3) is 0 Å². The van der Waals surface area contributed by atoms with Crippen molar-refractivity contribution in [2.24, 2.45) is 16.8 Å². The second-order valence-electron chi connectivity index (χ2n) is 9.93. The number of hydrogen-bond acceptors (Lipinski definition) is 5. The van der Waals surface area contributed by atoms with Crippen molar-refractivity contribution in [3.63, 3.8) is 0 Å². The van der Waals surface area contributed by atoms with Gasteiger partial charge in [0, 0.05) is 25.3 Å². The van der Waals surface area contributed by atoms with Gasteiger partial charge in [0.1, 0.15) is 11.7 Å². The van der Waals surface area contributed by atoms with Crippen LogP contribution in [0.1, 0.15) is 64.0 Å². The Labute approximate surface area is 205 Å². The Morgan fingerprint density at radius 2 is 1.91 bits per heavy atom. The highest BCUT2D eigenvalue weighted by atomic mass is 15.2. The second-order valence-corrected chi connectivity index (χ2v) is 9.93. The number of rotatable bonds is 13. The third kappa shape index (κ3) is 7.20. The maximum absolute atomic E-state index is 4.93. The first-order valence-electron chi connectivity index (χ1n) is 13.2. The highest BCUT2D eigenvalue weighted by molar-refractivity contribution is 6.00. The SMILES string of the molecule is C=C(NC(=NCCCNC(=C)C1CCC1)/C(=C\C)C1CC1)Nc1ccc(CN2CCCC2)nc1. The van der Waals surface area contributed by atoms with Crippen molar-refractivity contribution >= 4 is 11.5 Å². The summed E-state index contributed by atoms with van der Waals surface area (Å²) in [5.41, 5.74) is 4.56. The molecule has 1 aromatic rings. The van der Waals surface area contributed by atoms with E-state index in [1.807, 2.05) is 6.20 Å². The molecule has 4 rings (SSSR count). The molecule has 6 nitrogen and oxygen atoms in total. The number of aliphatic imine (C=N–C) groups is 1. The Kier molecular flexibility index (Phi) is 8.80. The molecule has 0 radical (unpaired) electrons. The number of pyridine rings is 1. The molecule has 2 heterocycles. The van der Waals surface area contributed by atoms with Crippen molar-refractivity contribution in [2.45, 2.75) is 64.8 Å². The van der Waals surface area contributed by atoms with E-state index in [1.165, 1.54) is 69.3 Å². The quantitative estimate of drug-likeness (QED) is 0.214. The summed E-state index contributed by atoms with van der Waals surface area (Å²) in [5.74, 6) is 2.97. The lowest BCUT2D eigenvalue weighted by molar-refractivity contribution is 0.327. The van der Waals surface area contributed by atoms with Crippen LogP contribution in [0.2, 0.25) is 0 Å². The van der Waals surface area contributed by atoms with Crippen molar-refractivity contribution in [3.05, 3.63) is 60.3 Å². The maximum Gasteiger partial charge on any atom is 0.129 e. The lowest BCUT2D eigenvalue weighted by Crippen LogP contribution is -2.29. The van der Waals surface area contributed by atoms with Gasteiger partial charge in [0.25, 0.3) is 0 Å². The van der Waals surface area contributed by atoms with E-state index in [9.17, 15) is 0 Å². The van der Waals surface area contributed by atoms with Crippen LogP contribution in [0.4, 0.5) is 5.69 Å². The number of aromatic nitrogens is 1. The van der Waals surface area contributed by atoms with Crippen LogP contribution in [0.15, 0.2) is 59.6 Å². The van der Waals surface area contributed by atoms with E-state index >= 15 is 0 Å². The van der Waals surface area contributed by atoms with Gasteiger partial charge < -0.3 is 16.0 Å². The number of nitrogens with one attached hydrogen (secondary N) is 3. The van der Waals surface area contributed by atoms with Gasteiger partial charge in [0.05, 0.1) is 17.6 Å². The third-order valence-electron chi connectivity index (χ3n) is 7.13.